The van der Waals surface area contributed by atoms with Gasteiger partial charge in [0.2, 0.25) is 0 Å². The lowest BCUT2D eigenvalue weighted by atomic mass is 9.99. The molecule has 0 spiro atoms. The summed E-state index contributed by atoms with van der Waals surface area (Å²) in [6, 6.07) is 1.14. The Hall–Kier alpha value is -0.176. The van der Waals surface area contributed by atoms with Gasteiger partial charge in [-0.2, -0.15) is 0 Å². The second-order valence-electron chi connectivity index (χ2n) is 9.60. The van der Waals surface area contributed by atoms with Crippen LogP contribution in [0.3, 0.4) is 0 Å². The van der Waals surface area contributed by atoms with Crippen molar-refractivity contribution in [2.75, 3.05) is 13.2 Å². The largest absolute Gasteiger partial charge is 0.518 e. The molecule has 4 nitrogen and oxygen atoms in total. The molecule has 30 heavy (non-hydrogen) atoms. The van der Waals surface area contributed by atoms with Crippen LogP contribution in [0.1, 0.15) is 112 Å². The molecule has 0 aliphatic heterocycles. The molecule has 2 saturated carbocycles. The number of carbonyl (C=O) groups is 1. The highest BCUT2D eigenvalue weighted by Crippen LogP contribution is 2.52. The van der Waals surface area contributed by atoms with Gasteiger partial charge in [-0.3, -0.25) is 4.79 Å². The first-order valence-electron chi connectivity index (χ1n) is 12.8. The van der Waals surface area contributed by atoms with Gasteiger partial charge in [-0.15, -0.1) is 0 Å². The normalized spacial score (nSPS) is 21.5. The van der Waals surface area contributed by atoms with Crippen LogP contribution in [0.15, 0.2) is 0 Å². The fourth-order valence-corrected chi connectivity index (χ4v) is 13.7. The molecule has 175 valence electrons. The van der Waals surface area contributed by atoms with Crippen molar-refractivity contribution < 1.29 is 18.1 Å². The summed E-state index contributed by atoms with van der Waals surface area (Å²) in [5.41, 5.74) is 1.29. The van der Waals surface area contributed by atoms with Gasteiger partial charge in [0.05, 0.1) is 0 Å². The number of carbonyl (C=O) groups excluding carboxylic acids is 1. The molecule has 0 aromatic rings. The van der Waals surface area contributed by atoms with Gasteiger partial charge in [0.15, 0.2) is 0 Å². The smallest absolute Gasteiger partial charge is 0.402 e. The first-order chi connectivity index (χ1) is 14.5. The van der Waals surface area contributed by atoms with E-state index < -0.39 is 22.6 Å². The van der Waals surface area contributed by atoms with Gasteiger partial charge in [0.25, 0.3) is 14.3 Å². The van der Waals surface area contributed by atoms with E-state index in [0.29, 0.717) is 30.7 Å². The van der Waals surface area contributed by atoms with Crippen molar-refractivity contribution in [3.05, 3.63) is 0 Å². The van der Waals surface area contributed by atoms with Crippen LogP contribution in [0.4, 0.5) is 0 Å². The summed E-state index contributed by atoms with van der Waals surface area (Å²) in [5, 5.41) is -0.647. The zero-order valence-electron chi connectivity index (χ0n) is 20.4. The maximum absolute atomic E-state index is 13.9. The lowest BCUT2D eigenvalue weighted by Crippen LogP contribution is -2.54. The summed E-state index contributed by atoms with van der Waals surface area (Å²) >= 11 is 0. The molecule has 1 radical (unpaired) electrons. The molecular formula is C24H47O4Si2. The quantitative estimate of drug-likeness (QED) is 0.290. The highest BCUT2D eigenvalue weighted by Gasteiger charge is 2.55. The van der Waals surface area contributed by atoms with Crippen LogP contribution in [0, 0.1) is 0 Å². The minimum Gasteiger partial charge on any atom is -0.518 e. The second kappa shape index (κ2) is 12.8. The van der Waals surface area contributed by atoms with E-state index >= 15 is 0 Å². The van der Waals surface area contributed by atoms with Crippen molar-refractivity contribution in [2.24, 2.45) is 0 Å². The van der Waals surface area contributed by atoms with Crippen LogP contribution in [-0.2, 0) is 18.1 Å². The van der Waals surface area contributed by atoms with Gasteiger partial charge in [-0.25, -0.2) is 0 Å². The van der Waals surface area contributed by atoms with E-state index in [-0.39, 0.29) is 5.97 Å². The monoisotopic (exact) mass is 455 g/mol. The van der Waals surface area contributed by atoms with Crippen LogP contribution < -0.4 is 0 Å². The predicted octanol–water partition coefficient (Wildman–Crippen LogP) is 7.29. The van der Waals surface area contributed by atoms with E-state index in [2.05, 4.69) is 13.8 Å². The van der Waals surface area contributed by atoms with Gasteiger partial charge in [-0.05, 0) is 70.0 Å². The van der Waals surface area contributed by atoms with E-state index in [4.69, 9.17) is 13.3 Å². The van der Waals surface area contributed by atoms with E-state index in [1.165, 1.54) is 64.2 Å². The SMILES string of the molecule is CCC[Si](OC(=O)C(C)(CC)[Si](OCC)OCC)(C1CCCCC1)C1CCCCC1. The highest BCUT2D eigenvalue weighted by molar-refractivity contribution is 6.78. The molecule has 0 bridgehead atoms. The Morgan fingerprint density at radius 2 is 1.33 bits per heavy atom. The van der Waals surface area contributed by atoms with Crippen molar-refractivity contribution in [3.63, 3.8) is 0 Å². The molecule has 1 unspecified atom stereocenters. The third-order valence-electron chi connectivity index (χ3n) is 7.67. The molecular weight excluding hydrogens is 408 g/mol. The van der Waals surface area contributed by atoms with Crippen LogP contribution >= 0.6 is 0 Å². The molecule has 0 aromatic carbocycles. The number of hydrogen-bond donors (Lipinski definition) is 0. The highest BCUT2D eigenvalue weighted by atomic mass is 28.4. The van der Waals surface area contributed by atoms with Crippen LogP contribution in [0.25, 0.3) is 0 Å². The Kier molecular flexibility index (Phi) is 11.1. The average Bonchev–Trinajstić information content (AvgIpc) is 2.79. The van der Waals surface area contributed by atoms with Crippen molar-refractivity contribution in [1.29, 1.82) is 0 Å². The summed E-state index contributed by atoms with van der Waals surface area (Å²) in [5.74, 6) is -0.00273. The molecule has 2 aliphatic rings. The topological polar surface area (TPSA) is 44.8 Å². The summed E-state index contributed by atoms with van der Waals surface area (Å²) in [7, 11) is -3.95. The standard InChI is InChI=1S/C24H47O4Si2/c1-6-20-30(21-16-12-10-13-17-21,22-18-14-11-15-19-22)28-23(25)24(5,7-2)29(26-8-3)27-9-4/h21-22H,6-20H2,1-5H3. The lowest BCUT2D eigenvalue weighted by molar-refractivity contribution is -0.140. The zero-order valence-corrected chi connectivity index (χ0v) is 22.4. The maximum atomic E-state index is 13.9. The van der Waals surface area contributed by atoms with E-state index in [1.54, 1.807) is 0 Å². The van der Waals surface area contributed by atoms with Crippen molar-refractivity contribution >= 4 is 23.6 Å². The third-order valence-corrected chi connectivity index (χ3v) is 16.0. The Morgan fingerprint density at radius 1 is 0.867 bits per heavy atom. The van der Waals surface area contributed by atoms with Gasteiger partial charge < -0.3 is 13.3 Å². The van der Waals surface area contributed by atoms with Gasteiger partial charge in [0, 0.05) is 13.2 Å². The van der Waals surface area contributed by atoms with Crippen molar-refractivity contribution in [1.82, 2.24) is 0 Å². The molecule has 0 N–H and O–H groups in total. The first kappa shape index (κ1) is 26.1. The van der Waals surface area contributed by atoms with Crippen molar-refractivity contribution in [3.8, 4) is 0 Å². The molecule has 6 heteroatoms. The molecule has 0 aromatic heterocycles. The number of rotatable bonds is 12. The Bertz CT molecular complexity index is 479. The zero-order chi connectivity index (χ0) is 22.0. The average molecular weight is 456 g/mol. The molecule has 2 fully saturated rings. The summed E-state index contributed by atoms with van der Waals surface area (Å²) in [4.78, 5) is 13.9. The molecule has 1 atom stereocenters. The summed E-state index contributed by atoms with van der Waals surface area (Å²) in [6.07, 6.45) is 14.9. The van der Waals surface area contributed by atoms with E-state index in [1.807, 2.05) is 20.8 Å². The van der Waals surface area contributed by atoms with Crippen molar-refractivity contribution in [2.45, 2.75) is 134 Å². The summed E-state index contributed by atoms with van der Waals surface area (Å²) in [6.45, 7) is 11.6. The summed E-state index contributed by atoms with van der Waals surface area (Å²) < 4.78 is 19.0. The Balaban J connectivity index is 2.37. The molecule has 0 saturated heterocycles. The molecule has 2 aliphatic carbocycles. The van der Waals surface area contributed by atoms with Crippen LogP contribution in [0.2, 0.25) is 22.2 Å². The van der Waals surface area contributed by atoms with Gasteiger partial charge in [-0.1, -0.05) is 58.8 Å². The molecule has 0 amide bonds. The Morgan fingerprint density at radius 3 is 1.70 bits per heavy atom. The third kappa shape index (κ3) is 5.99. The minimum atomic E-state index is -2.22. The Labute approximate surface area is 188 Å². The molecule has 0 heterocycles. The second-order valence-corrected chi connectivity index (χ2v) is 16.1. The fraction of sp³-hybridized carbons (Fsp3) is 0.958. The van der Waals surface area contributed by atoms with Gasteiger partial charge >= 0.3 is 9.28 Å². The fourth-order valence-electron chi connectivity index (χ4n) is 5.81. The first-order valence-corrected chi connectivity index (χ1v) is 16.4. The van der Waals surface area contributed by atoms with E-state index in [0.717, 1.165) is 12.5 Å². The van der Waals surface area contributed by atoms with Crippen LogP contribution in [-0.4, -0.2) is 36.8 Å². The molecule has 2 rings (SSSR count). The predicted molar refractivity (Wildman–Crippen MR) is 128 cm³/mol. The van der Waals surface area contributed by atoms with Crippen LogP contribution in [0.5, 0.6) is 0 Å². The maximum Gasteiger partial charge on any atom is 0.402 e. The van der Waals surface area contributed by atoms with Gasteiger partial charge in [0.1, 0.15) is 5.04 Å². The lowest BCUT2D eigenvalue weighted by Gasteiger charge is -2.47. The number of hydrogen-bond acceptors (Lipinski definition) is 4. The van der Waals surface area contributed by atoms with E-state index in [9.17, 15) is 4.79 Å². The minimum absolute atomic E-state index is 0.00273.